The first-order valence-electron chi connectivity index (χ1n) is 11.9. The van der Waals surface area contributed by atoms with Crippen molar-refractivity contribution in [3.63, 3.8) is 0 Å². The highest BCUT2D eigenvalue weighted by atomic mass is 35.5. The van der Waals surface area contributed by atoms with E-state index in [1.54, 1.807) is 12.4 Å². The minimum Gasteiger partial charge on any atom is -0.382 e. The molecule has 3 aliphatic rings. The van der Waals surface area contributed by atoms with Crippen LogP contribution in [0.25, 0.3) is 21.9 Å². The molecule has 4 aromatic rings. The van der Waals surface area contributed by atoms with Crippen molar-refractivity contribution < 1.29 is 13.9 Å². The topological polar surface area (TPSA) is 88.1 Å². The van der Waals surface area contributed by atoms with Gasteiger partial charge in [0.2, 0.25) is 0 Å². The van der Waals surface area contributed by atoms with Crippen molar-refractivity contribution >= 4 is 39.4 Å². The van der Waals surface area contributed by atoms with Crippen LogP contribution in [0.4, 0.5) is 10.2 Å². The number of aryl methyl sites for hydroxylation is 1. The van der Waals surface area contributed by atoms with Gasteiger partial charge in [-0.3, -0.25) is 0 Å². The second-order valence-electron chi connectivity index (χ2n) is 10.6. The fraction of sp³-hybridized carbons (Fsp3) is 0.423. The van der Waals surface area contributed by atoms with Gasteiger partial charge in [-0.2, -0.15) is 0 Å². The second-order valence-corrected chi connectivity index (χ2v) is 11.0. The number of rotatable bonds is 4. The average molecular weight is 494 g/mol. The summed E-state index contributed by atoms with van der Waals surface area (Å²) in [6.07, 6.45) is 8.05. The van der Waals surface area contributed by atoms with E-state index in [0.717, 1.165) is 29.4 Å². The zero-order chi connectivity index (χ0) is 24.1. The summed E-state index contributed by atoms with van der Waals surface area (Å²) in [7, 11) is 0. The van der Waals surface area contributed by atoms with Gasteiger partial charge in [-0.1, -0.05) is 11.6 Å². The Labute approximate surface area is 206 Å². The van der Waals surface area contributed by atoms with Crippen LogP contribution in [0.5, 0.6) is 0 Å². The molecule has 180 valence electrons. The minimum absolute atomic E-state index is 0.0232. The molecule has 1 aliphatic heterocycles. The highest BCUT2D eigenvalue weighted by Crippen LogP contribution is 2.73. The quantitative estimate of drug-likeness (QED) is 0.427. The van der Waals surface area contributed by atoms with Gasteiger partial charge in [-0.15, -0.1) is 0 Å². The van der Waals surface area contributed by atoms with Crippen LogP contribution in [-0.2, 0) is 15.9 Å². The molecule has 7 rings (SSSR count). The Hall–Kier alpha value is -2.81. The van der Waals surface area contributed by atoms with Crippen molar-refractivity contribution in [2.45, 2.75) is 57.1 Å². The number of benzene rings is 1. The molecule has 4 heterocycles. The molecule has 1 saturated heterocycles. The number of hydrogen-bond donors (Lipinski definition) is 1. The van der Waals surface area contributed by atoms with Gasteiger partial charge in [0.1, 0.15) is 29.7 Å². The lowest BCUT2D eigenvalue weighted by Crippen LogP contribution is -2.32. The van der Waals surface area contributed by atoms with E-state index < -0.39 is 5.79 Å². The van der Waals surface area contributed by atoms with E-state index >= 15 is 0 Å². The fourth-order valence-corrected chi connectivity index (χ4v) is 6.72. The van der Waals surface area contributed by atoms with E-state index in [1.165, 1.54) is 6.07 Å². The summed E-state index contributed by atoms with van der Waals surface area (Å²) in [5.74, 6) is -0.377. The Bertz CT molecular complexity index is 1510. The molecule has 9 heteroatoms. The Morgan fingerprint density at radius 1 is 1.26 bits per heavy atom. The summed E-state index contributed by atoms with van der Waals surface area (Å²) < 4.78 is 30.1. The number of ether oxygens (including phenoxy) is 2. The van der Waals surface area contributed by atoms with Gasteiger partial charge in [-0.25, -0.2) is 19.3 Å². The van der Waals surface area contributed by atoms with Crippen molar-refractivity contribution in [1.82, 2.24) is 19.5 Å². The van der Waals surface area contributed by atoms with Gasteiger partial charge < -0.3 is 19.8 Å². The summed E-state index contributed by atoms with van der Waals surface area (Å²) in [5, 5.41) is 1.65. The first-order valence-corrected chi connectivity index (χ1v) is 12.3. The van der Waals surface area contributed by atoms with Crippen LogP contribution >= 0.6 is 11.6 Å². The van der Waals surface area contributed by atoms with Crippen molar-refractivity contribution in [3.8, 4) is 0 Å². The lowest BCUT2D eigenvalue weighted by molar-refractivity contribution is -0.161. The molecule has 5 atom stereocenters. The van der Waals surface area contributed by atoms with Gasteiger partial charge in [-0.05, 0) is 68.9 Å². The number of pyridine rings is 1. The molecule has 0 bridgehead atoms. The largest absolute Gasteiger partial charge is 0.382 e. The summed E-state index contributed by atoms with van der Waals surface area (Å²) in [6, 6.07) is 7.22. The van der Waals surface area contributed by atoms with Crippen molar-refractivity contribution in [3.05, 3.63) is 59.4 Å². The van der Waals surface area contributed by atoms with Gasteiger partial charge in [0, 0.05) is 28.6 Å². The molecule has 1 aromatic carbocycles. The molecule has 3 fully saturated rings. The predicted molar refractivity (Wildman–Crippen MR) is 130 cm³/mol. The molecule has 3 aromatic heterocycles. The summed E-state index contributed by atoms with van der Waals surface area (Å²) in [5.41, 5.74) is 8.17. The van der Waals surface area contributed by atoms with Crippen molar-refractivity contribution in [2.75, 3.05) is 5.73 Å². The third kappa shape index (κ3) is 3.13. The van der Waals surface area contributed by atoms with Crippen molar-refractivity contribution in [2.24, 2.45) is 11.3 Å². The lowest BCUT2D eigenvalue weighted by atomic mass is 9.91. The summed E-state index contributed by atoms with van der Waals surface area (Å²) in [4.78, 5) is 13.0. The third-order valence-electron chi connectivity index (χ3n) is 8.13. The number of nitrogen functional groups attached to an aromatic ring is 1. The smallest absolute Gasteiger partial charge is 0.163 e. The van der Waals surface area contributed by atoms with E-state index in [2.05, 4.69) is 31.8 Å². The number of halogens is 2. The molecule has 7 nitrogen and oxygen atoms in total. The number of fused-ring (bicyclic) bond motifs is 5. The van der Waals surface area contributed by atoms with Crippen LogP contribution in [0.15, 0.2) is 43.0 Å². The van der Waals surface area contributed by atoms with Crippen LogP contribution in [0, 0.1) is 17.2 Å². The number of hydrogen-bond acceptors (Lipinski definition) is 6. The van der Waals surface area contributed by atoms with Gasteiger partial charge in [0.25, 0.3) is 0 Å². The standard InChI is InChI=1S/C26H25ClFN5O2/c1-25(2)34-21-20(33-6-4-14-11-30-12-31-24(14)33)16-10-26(16,22(21)35-25)5-3-13-7-18(28)15-9-17(27)23(29)32-19(15)8-13/h4,6-9,11-12,16,20-22H,3,5,10H2,1-2H3,(H2,29,32)/t16-,20-,21+,22+,26-/m1/s1. The zero-order valence-electron chi connectivity index (χ0n) is 19.4. The van der Waals surface area contributed by atoms with Gasteiger partial charge in [0.05, 0.1) is 22.7 Å². The van der Waals surface area contributed by atoms with E-state index in [9.17, 15) is 4.39 Å². The van der Waals surface area contributed by atoms with E-state index in [0.29, 0.717) is 23.2 Å². The number of aromatic nitrogens is 4. The maximum Gasteiger partial charge on any atom is 0.163 e. The molecule has 2 N–H and O–H groups in total. The molecule has 2 aliphatic carbocycles. The monoisotopic (exact) mass is 493 g/mol. The zero-order valence-corrected chi connectivity index (χ0v) is 20.2. The van der Waals surface area contributed by atoms with Crippen LogP contribution < -0.4 is 5.73 Å². The Kier molecular flexibility index (Phi) is 4.37. The Morgan fingerprint density at radius 3 is 2.97 bits per heavy atom. The van der Waals surface area contributed by atoms with Crippen LogP contribution in [0.1, 0.15) is 38.3 Å². The second kappa shape index (κ2) is 7.12. The molecule has 0 unspecified atom stereocenters. The van der Waals surface area contributed by atoms with Gasteiger partial charge >= 0.3 is 0 Å². The third-order valence-corrected chi connectivity index (χ3v) is 8.43. The Morgan fingerprint density at radius 2 is 2.11 bits per heavy atom. The molecule has 0 amide bonds. The molecule has 2 saturated carbocycles. The van der Waals surface area contributed by atoms with Crippen molar-refractivity contribution in [1.29, 1.82) is 0 Å². The van der Waals surface area contributed by atoms with E-state index in [4.69, 9.17) is 26.8 Å². The molecular weight excluding hydrogens is 469 g/mol. The molecule has 35 heavy (non-hydrogen) atoms. The SMILES string of the molecule is CC1(C)O[C@H]2[C@H](n3ccc4cncnc43)[C@H]3C[C@@]3(CCc3cc(F)c4cc(Cl)c(N)nc4c3)[C@H]2O1. The minimum atomic E-state index is -0.651. The number of nitrogens with two attached hydrogens (primary N) is 1. The van der Waals surface area contributed by atoms with E-state index in [1.807, 2.05) is 26.1 Å². The number of nitrogens with zero attached hydrogens (tertiary/aromatic N) is 4. The average Bonchev–Trinajstić information content (AvgIpc) is 3.08. The Balaban J connectivity index is 1.22. The molecule has 0 radical (unpaired) electrons. The lowest BCUT2D eigenvalue weighted by Gasteiger charge is -2.24. The van der Waals surface area contributed by atoms with E-state index in [-0.39, 0.29) is 40.3 Å². The molecule has 0 spiro atoms. The number of anilines is 1. The maximum absolute atomic E-state index is 14.9. The predicted octanol–water partition coefficient (Wildman–Crippen LogP) is 5.07. The summed E-state index contributed by atoms with van der Waals surface area (Å²) >= 11 is 6.05. The summed E-state index contributed by atoms with van der Waals surface area (Å²) in [6.45, 7) is 3.95. The first kappa shape index (κ1) is 21.5. The highest BCUT2D eigenvalue weighted by Gasteiger charge is 2.75. The normalized spacial score (nSPS) is 30.6. The van der Waals surface area contributed by atoms with Crippen LogP contribution in [0.2, 0.25) is 5.02 Å². The highest BCUT2D eigenvalue weighted by molar-refractivity contribution is 6.33. The van der Waals surface area contributed by atoms with Crippen LogP contribution in [0.3, 0.4) is 0 Å². The van der Waals surface area contributed by atoms with Crippen LogP contribution in [-0.4, -0.2) is 37.5 Å². The molecular formula is C26H25ClFN5O2. The first-order chi connectivity index (χ1) is 16.8. The maximum atomic E-state index is 14.9. The fourth-order valence-electron chi connectivity index (χ4n) is 6.57. The van der Waals surface area contributed by atoms with Gasteiger partial charge in [0.15, 0.2) is 5.79 Å².